The highest BCUT2D eigenvalue weighted by Crippen LogP contribution is 2.45. The fourth-order valence-corrected chi connectivity index (χ4v) is 3.72. The van der Waals surface area contributed by atoms with Crippen LogP contribution in [0.3, 0.4) is 0 Å². The number of carbonyl (C=O) groups is 1. The largest absolute Gasteiger partial charge is 0.355 e. The van der Waals surface area contributed by atoms with Crippen molar-refractivity contribution in [3.05, 3.63) is 0 Å². The highest BCUT2D eigenvalue weighted by atomic mass is 16.2. The van der Waals surface area contributed by atoms with Crippen molar-refractivity contribution in [2.24, 2.45) is 10.8 Å². The third-order valence-corrected chi connectivity index (χ3v) is 3.79. The van der Waals surface area contributed by atoms with Gasteiger partial charge in [0.25, 0.3) is 0 Å². The molecular formula is C15H30N2O. The van der Waals surface area contributed by atoms with Crippen LogP contribution in [-0.4, -0.2) is 24.5 Å². The van der Waals surface area contributed by atoms with Crippen molar-refractivity contribution in [2.75, 3.05) is 6.54 Å². The van der Waals surface area contributed by atoms with Crippen LogP contribution in [0.1, 0.15) is 60.8 Å². The molecule has 0 spiro atoms. The molecular weight excluding hydrogens is 224 g/mol. The normalized spacial score (nSPS) is 24.6. The lowest BCUT2D eigenvalue weighted by molar-refractivity contribution is -0.123. The van der Waals surface area contributed by atoms with E-state index < -0.39 is 0 Å². The van der Waals surface area contributed by atoms with E-state index in [0.29, 0.717) is 23.4 Å². The number of hydrogen-bond acceptors (Lipinski definition) is 2. The lowest BCUT2D eigenvalue weighted by atomic mass is 9.63. The second-order valence-electron chi connectivity index (χ2n) is 7.39. The molecule has 3 heteroatoms. The van der Waals surface area contributed by atoms with E-state index in [1.807, 2.05) is 13.8 Å². The third kappa shape index (κ3) is 4.60. The quantitative estimate of drug-likeness (QED) is 0.810. The maximum Gasteiger partial charge on any atom is 0.236 e. The molecule has 1 saturated carbocycles. The van der Waals surface area contributed by atoms with Crippen molar-refractivity contribution in [3.8, 4) is 0 Å². The topological polar surface area (TPSA) is 41.1 Å². The van der Waals surface area contributed by atoms with Gasteiger partial charge in [-0.2, -0.15) is 0 Å². The van der Waals surface area contributed by atoms with Gasteiger partial charge in [-0.3, -0.25) is 4.79 Å². The van der Waals surface area contributed by atoms with Gasteiger partial charge in [-0.15, -0.1) is 0 Å². The Morgan fingerprint density at radius 3 is 2.17 bits per heavy atom. The Balaban J connectivity index is 2.59. The highest BCUT2D eigenvalue weighted by Gasteiger charge is 2.38. The summed E-state index contributed by atoms with van der Waals surface area (Å²) in [5.74, 6) is 0.110. The van der Waals surface area contributed by atoms with Gasteiger partial charge in [0.15, 0.2) is 0 Å². The van der Waals surface area contributed by atoms with E-state index in [4.69, 9.17) is 0 Å². The number of likely N-dealkylation sites (N-methyl/N-ethyl adjacent to an activating group) is 1. The van der Waals surface area contributed by atoms with Crippen molar-refractivity contribution >= 4 is 5.91 Å². The second kappa shape index (κ2) is 5.60. The average Bonchev–Trinajstić information content (AvgIpc) is 2.12. The first-order valence-electron chi connectivity index (χ1n) is 7.19. The molecule has 0 aromatic heterocycles. The van der Waals surface area contributed by atoms with E-state index in [0.717, 1.165) is 12.8 Å². The molecule has 3 nitrogen and oxygen atoms in total. The molecule has 1 aliphatic carbocycles. The smallest absolute Gasteiger partial charge is 0.236 e. The Morgan fingerprint density at radius 2 is 1.72 bits per heavy atom. The predicted octanol–water partition coefficient (Wildman–Crippen LogP) is 2.71. The van der Waals surface area contributed by atoms with Gasteiger partial charge in [-0.25, -0.2) is 0 Å². The van der Waals surface area contributed by atoms with Gasteiger partial charge in [0.05, 0.1) is 6.04 Å². The summed E-state index contributed by atoms with van der Waals surface area (Å²) in [5, 5.41) is 6.38. The number of nitrogens with one attached hydrogen (secondary N) is 2. The van der Waals surface area contributed by atoms with Crippen molar-refractivity contribution in [1.29, 1.82) is 0 Å². The Kier molecular flexibility index (Phi) is 4.82. The summed E-state index contributed by atoms with van der Waals surface area (Å²) in [6.45, 7) is 13.9. The summed E-state index contributed by atoms with van der Waals surface area (Å²) in [4.78, 5) is 11.8. The Bertz CT molecular complexity index is 281. The molecule has 2 N–H and O–H groups in total. The molecule has 1 fully saturated rings. The molecule has 1 unspecified atom stereocenters. The predicted molar refractivity (Wildman–Crippen MR) is 76.5 cm³/mol. The number of rotatable bonds is 4. The summed E-state index contributed by atoms with van der Waals surface area (Å²) in [6.07, 6.45) is 3.56. The molecule has 1 rings (SSSR count). The average molecular weight is 254 g/mol. The first-order valence-corrected chi connectivity index (χ1v) is 7.19. The third-order valence-electron chi connectivity index (χ3n) is 3.79. The standard InChI is InChI=1S/C15H30N2O/c1-7-16-13(18)11(2)17-12-8-14(3,4)10-15(5,6)9-12/h11-12,17H,7-10H2,1-6H3,(H,16,18). The van der Waals surface area contributed by atoms with Gasteiger partial charge in [0.2, 0.25) is 5.91 Å². The molecule has 1 atom stereocenters. The summed E-state index contributed by atoms with van der Waals surface area (Å²) >= 11 is 0. The van der Waals surface area contributed by atoms with Crippen LogP contribution in [-0.2, 0) is 4.79 Å². The van der Waals surface area contributed by atoms with Crippen molar-refractivity contribution < 1.29 is 4.79 Å². The van der Waals surface area contributed by atoms with Crippen LogP contribution in [0.4, 0.5) is 0 Å². The molecule has 0 radical (unpaired) electrons. The zero-order valence-electron chi connectivity index (χ0n) is 12.9. The maximum absolute atomic E-state index is 11.8. The summed E-state index contributed by atoms with van der Waals surface area (Å²) in [5.41, 5.74) is 0.723. The fourth-order valence-electron chi connectivity index (χ4n) is 3.72. The van der Waals surface area contributed by atoms with Crippen molar-refractivity contribution in [2.45, 2.75) is 72.9 Å². The van der Waals surface area contributed by atoms with Crippen LogP contribution < -0.4 is 10.6 Å². The summed E-state index contributed by atoms with van der Waals surface area (Å²) in [7, 11) is 0. The Morgan fingerprint density at radius 1 is 1.22 bits per heavy atom. The molecule has 0 aromatic carbocycles. The molecule has 0 aromatic rings. The van der Waals surface area contributed by atoms with E-state index in [2.05, 4.69) is 38.3 Å². The van der Waals surface area contributed by atoms with Gasteiger partial charge in [-0.1, -0.05) is 27.7 Å². The van der Waals surface area contributed by atoms with Crippen molar-refractivity contribution in [1.82, 2.24) is 10.6 Å². The second-order valence-corrected chi connectivity index (χ2v) is 7.39. The Hall–Kier alpha value is -0.570. The maximum atomic E-state index is 11.8. The molecule has 18 heavy (non-hydrogen) atoms. The van der Waals surface area contributed by atoms with E-state index in [1.165, 1.54) is 6.42 Å². The van der Waals surface area contributed by atoms with Crippen LogP contribution in [0, 0.1) is 10.8 Å². The van der Waals surface area contributed by atoms with E-state index in [1.54, 1.807) is 0 Å². The van der Waals surface area contributed by atoms with Crippen LogP contribution in [0.15, 0.2) is 0 Å². The molecule has 1 amide bonds. The minimum Gasteiger partial charge on any atom is -0.355 e. The molecule has 1 aliphatic rings. The first kappa shape index (κ1) is 15.5. The lowest BCUT2D eigenvalue weighted by Gasteiger charge is -2.45. The van der Waals surface area contributed by atoms with E-state index in [9.17, 15) is 4.79 Å². The monoisotopic (exact) mass is 254 g/mol. The lowest BCUT2D eigenvalue weighted by Crippen LogP contribution is -2.51. The van der Waals surface area contributed by atoms with E-state index >= 15 is 0 Å². The summed E-state index contributed by atoms with van der Waals surface area (Å²) < 4.78 is 0. The van der Waals surface area contributed by atoms with Gasteiger partial charge in [-0.05, 0) is 43.9 Å². The molecule has 0 aliphatic heterocycles. The Labute approximate surface area is 112 Å². The van der Waals surface area contributed by atoms with Gasteiger partial charge < -0.3 is 10.6 Å². The fraction of sp³-hybridized carbons (Fsp3) is 0.933. The minimum atomic E-state index is -0.0975. The van der Waals surface area contributed by atoms with Crippen LogP contribution >= 0.6 is 0 Å². The van der Waals surface area contributed by atoms with Gasteiger partial charge in [0.1, 0.15) is 0 Å². The zero-order chi connectivity index (χ0) is 14.0. The number of amides is 1. The van der Waals surface area contributed by atoms with Crippen LogP contribution in [0.2, 0.25) is 0 Å². The van der Waals surface area contributed by atoms with Crippen molar-refractivity contribution in [3.63, 3.8) is 0 Å². The molecule has 106 valence electrons. The van der Waals surface area contributed by atoms with Gasteiger partial charge >= 0.3 is 0 Å². The van der Waals surface area contributed by atoms with Gasteiger partial charge in [0, 0.05) is 12.6 Å². The van der Waals surface area contributed by atoms with Crippen LogP contribution in [0.5, 0.6) is 0 Å². The van der Waals surface area contributed by atoms with Crippen LogP contribution in [0.25, 0.3) is 0 Å². The first-order chi connectivity index (χ1) is 8.15. The SMILES string of the molecule is CCNC(=O)C(C)NC1CC(C)(C)CC(C)(C)C1. The minimum absolute atomic E-state index is 0.0975. The molecule has 0 heterocycles. The zero-order valence-corrected chi connectivity index (χ0v) is 12.9. The number of hydrogen-bond donors (Lipinski definition) is 2. The number of carbonyl (C=O) groups excluding carboxylic acids is 1. The molecule has 0 bridgehead atoms. The highest BCUT2D eigenvalue weighted by molar-refractivity contribution is 5.81. The molecule has 0 saturated heterocycles. The van der Waals surface area contributed by atoms with E-state index in [-0.39, 0.29) is 11.9 Å². The summed E-state index contributed by atoms with van der Waals surface area (Å²) in [6, 6.07) is 0.348.